The highest BCUT2D eigenvalue weighted by Gasteiger charge is 2.37. The minimum Gasteiger partial charge on any atom is -0.481 e. The van der Waals surface area contributed by atoms with Crippen molar-refractivity contribution in [3.8, 4) is 0 Å². The summed E-state index contributed by atoms with van der Waals surface area (Å²) in [5, 5.41) is 9.55. The minimum absolute atomic E-state index is 0.0422. The van der Waals surface area contributed by atoms with Crippen LogP contribution in [0.2, 0.25) is 0 Å². The molecule has 1 amide bonds. The molecule has 1 saturated carbocycles. The Kier molecular flexibility index (Phi) is 3.70. The molecule has 21 heavy (non-hydrogen) atoms. The number of hydrogen-bond acceptors (Lipinski definition) is 2. The molecule has 1 aliphatic heterocycles. The van der Waals surface area contributed by atoms with Crippen LogP contribution < -0.4 is 0 Å². The number of benzene rings is 1. The molecule has 4 heteroatoms. The summed E-state index contributed by atoms with van der Waals surface area (Å²) in [6.45, 7) is 0. The fraction of sp³-hybridized carbons (Fsp3) is 0.529. The van der Waals surface area contributed by atoms with Gasteiger partial charge in [0.05, 0.1) is 12.0 Å². The van der Waals surface area contributed by atoms with E-state index in [0.29, 0.717) is 25.2 Å². The smallest absolute Gasteiger partial charge is 0.308 e. The third-order valence-electron chi connectivity index (χ3n) is 4.72. The molecule has 3 rings (SSSR count). The van der Waals surface area contributed by atoms with Gasteiger partial charge >= 0.3 is 5.97 Å². The molecule has 0 aromatic heterocycles. The molecule has 1 aromatic carbocycles. The van der Waals surface area contributed by atoms with Crippen LogP contribution in [0.4, 0.5) is 0 Å². The lowest BCUT2D eigenvalue weighted by atomic mass is 9.88. The van der Waals surface area contributed by atoms with Gasteiger partial charge in [-0.25, -0.2) is 0 Å². The van der Waals surface area contributed by atoms with E-state index in [-0.39, 0.29) is 11.9 Å². The number of carbonyl (C=O) groups excluding carboxylic acids is 1. The highest BCUT2D eigenvalue weighted by molar-refractivity contribution is 5.79. The first-order valence-corrected chi connectivity index (χ1v) is 7.66. The van der Waals surface area contributed by atoms with Crippen molar-refractivity contribution in [2.45, 2.75) is 44.1 Å². The second-order valence-electron chi connectivity index (χ2n) is 6.23. The second-order valence-corrected chi connectivity index (χ2v) is 6.23. The molecule has 0 spiro atoms. The first kappa shape index (κ1) is 14.1. The van der Waals surface area contributed by atoms with Crippen LogP contribution in [-0.4, -0.2) is 28.9 Å². The Morgan fingerprint density at radius 1 is 1.24 bits per heavy atom. The van der Waals surface area contributed by atoms with E-state index in [1.165, 1.54) is 18.4 Å². The zero-order chi connectivity index (χ0) is 15.0. The number of nitrogens with zero attached hydrogens (tertiary/aromatic N) is 1. The summed E-state index contributed by atoms with van der Waals surface area (Å²) in [7, 11) is 1.73. The summed E-state index contributed by atoms with van der Waals surface area (Å²) < 4.78 is 0. The van der Waals surface area contributed by atoms with Crippen LogP contribution in [-0.2, 0) is 9.59 Å². The molecule has 1 aliphatic carbocycles. The molecule has 0 radical (unpaired) electrons. The maximum Gasteiger partial charge on any atom is 0.308 e. The Bertz CT molecular complexity index is 565. The number of aliphatic carboxylic acids is 1. The van der Waals surface area contributed by atoms with Gasteiger partial charge in [-0.2, -0.15) is 0 Å². The van der Waals surface area contributed by atoms with Crippen molar-refractivity contribution >= 4 is 11.9 Å². The highest BCUT2D eigenvalue weighted by atomic mass is 16.4. The van der Waals surface area contributed by atoms with E-state index in [0.717, 1.165) is 5.56 Å². The molecule has 2 unspecified atom stereocenters. The minimum atomic E-state index is -0.807. The number of carboxylic acids is 1. The van der Waals surface area contributed by atoms with Crippen molar-refractivity contribution in [2.24, 2.45) is 5.92 Å². The van der Waals surface area contributed by atoms with Gasteiger partial charge in [0.15, 0.2) is 0 Å². The van der Waals surface area contributed by atoms with E-state index in [1.54, 1.807) is 11.9 Å². The maximum atomic E-state index is 12.1. The fourth-order valence-electron chi connectivity index (χ4n) is 3.36. The summed E-state index contributed by atoms with van der Waals surface area (Å²) >= 11 is 0. The van der Waals surface area contributed by atoms with E-state index in [9.17, 15) is 14.7 Å². The summed E-state index contributed by atoms with van der Waals surface area (Å²) in [6.07, 6.45) is 4.08. The largest absolute Gasteiger partial charge is 0.481 e. The zero-order valence-corrected chi connectivity index (χ0v) is 12.3. The van der Waals surface area contributed by atoms with E-state index < -0.39 is 11.9 Å². The lowest BCUT2D eigenvalue weighted by Gasteiger charge is -2.31. The Balaban J connectivity index is 1.98. The molecule has 112 valence electrons. The quantitative estimate of drug-likeness (QED) is 0.930. The van der Waals surface area contributed by atoms with Crippen molar-refractivity contribution < 1.29 is 14.7 Å². The van der Waals surface area contributed by atoms with Crippen LogP contribution in [0.5, 0.6) is 0 Å². The molecule has 1 saturated heterocycles. The van der Waals surface area contributed by atoms with Gasteiger partial charge in [-0.05, 0) is 42.7 Å². The average Bonchev–Trinajstić information content (AvgIpc) is 3.30. The Labute approximate surface area is 124 Å². The van der Waals surface area contributed by atoms with Crippen LogP contribution in [0.1, 0.15) is 55.2 Å². The van der Waals surface area contributed by atoms with Crippen molar-refractivity contribution in [3.05, 3.63) is 35.4 Å². The van der Waals surface area contributed by atoms with Crippen molar-refractivity contribution in [1.82, 2.24) is 4.90 Å². The Hall–Kier alpha value is -1.84. The standard InChI is InChI=1S/C17H21NO3/c1-18-15(19)7-3-6-14(17(20)21)16(18)13-5-2-4-12(10-13)11-8-9-11/h2,4-5,10-11,14,16H,3,6-9H2,1H3,(H,20,21). The van der Waals surface area contributed by atoms with Crippen molar-refractivity contribution in [1.29, 1.82) is 0 Å². The van der Waals surface area contributed by atoms with Gasteiger partial charge in [0.1, 0.15) is 0 Å². The van der Waals surface area contributed by atoms with Crippen molar-refractivity contribution in [3.63, 3.8) is 0 Å². The lowest BCUT2D eigenvalue weighted by Crippen LogP contribution is -2.36. The molecule has 0 bridgehead atoms. The van der Waals surface area contributed by atoms with E-state index in [4.69, 9.17) is 0 Å². The normalized spacial score (nSPS) is 26.5. The maximum absolute atomic E-state index is 12.1. The van der Waals surface area contributed by atoms with Gasteiger partial charge in [0.25, 0.3) is 0 Å². The van der Waals surface area contributed by atoms with Crippen LogP contribution in [0, 0.1) is 5.92 Å². The summed E-state index contributed by atoms with van der Waals surface area (Å²) in [4.78, 5) is 25.4. The number of rotatable bonds is 3. The summed E-state index contributed by atoms with van der Waals surface area (Å²) in [6, 6.07) is 7.81. The predicted octanol–water partition coefficient (Wildman–Crippen LogP) is 2.95. The van der Waals surface area contributed by atoms with Crippen LogP contribution in [0.25, 0.3) is 0 Å². The Morgan fingerprint density at radius 2 is 1.95 bits per heavy atom. The number of carboxylic acid groups (broad SMARTS) is 1. The third-order valence-corrected chi connectivity index (χ3v) is 4.72. The van der Waals surface area contributed by atoms with Gasteiger partial charge < -0.3 is 10.0 Å². The van der Waals surface area contributed by atoms with Gasteiger partial charge in [0, 0.05) is 13.5 Å². The summed E-state index contributed by atoms with van der Waals surface area (Å²) in [5.41, 5.74) is 2.24. The molecule has 1 N–H and O–H groups in total. The second kappa shape index (κ2) is 5.51. The van der Waals surface area contributed by atoms with E-state index in [2.05, 4.69) is 12.1 Å². The molecule has 2 aliphatic rings. The Morgan fingerprint density at radius 3 is 2.62 bits per heavy atom. The highest BCUT2D eigenvalue weighted by Crippen LogP contribution is 2.42. The van der Waals surface area contributed by atoms with Gasteiger partial charge in [-0.1, -0.05) is 24.3 Å². The average molecular weight is 287 g/mol. The number of carbonyl (C=O) groups is 2. The van der Waals surface area contributed by atoms with E-state index >= 15 is 0 Å². The SMILES string of the molecule is CN1C(=O)CCCC(C(=O)O)C1c1cccc(C2CC2)c1. The van der Waals surface area contributed by atoms with Gasteiger partial charge in [-0.15, -0.1) is 0 Å². The number of amides is 1. The molecule has 1 aromatic rings. The first-order chi connectivity index (χ1) is 10.1. The fourth-order valence-corrected chi connectivity index (χ4v) is 3.36. The molecule has 4 nitrogen and oxygen atoms in total. The lowest BCUT2D eigenvalue weighted by molar-refractivity contribution is -0.145. The predicted molar refractivity (Wildman–Crippen MR) is 78.9 cm³/mol. The molecule has 2 atom stereocenters. The molecule has 2 fully saturated rings. The van der Waals surface area contributed by atoms with Crippen LogP contribution >= 0.6 is 0 Å². The van der Waals surface area contributed by atoms with E-state index in [1.807, 2.05) is 12.1 Å². The topological polar surface area (TPSA) is 57.6 Å². The zero-order valence-electron chi connectivity index (χ0n) is 12.3. The van der Waals surface area contributed by atoms with Crippen LogP contribution in [0.3, 0.4) is 0 Å². The molecular weight excluding hydrogens is 266 g/mol. The monoisotopic (exact) mass is 287 g/mol. The first-order valence-electron chi connectivity index (χ1n) is 7.66. The van der Waals surface area contributed by atoms with Gasteiger partial charge in [-0.3, -0.25) is 9.59 Å². The van der Waals surface area contributed by atoms with Crippen molar-refractivity contribution in [2.75, 3.05) is 7.05 Å². The number of likely N-dealkylation sites (tertiary alicyclic amines) is 1. The molecular formula is C17H21NO3. The number of hydrogen-bond donors (Lipinski definition) is 1. The van der Waals surface area contributed by atoms with Crippen LogP contribution in [0.15, 0.2) is 24.3 Å². The molecule has 1 heterocycles. The van der Waals surface area contributed by atoms with Gasteiger partial charge in [0.2, 0.25) is 5.91 Å². The third kappa shape index (κ3) is 2.80. The summed E-state index contributed by atoms with van der Waals surface area (Å²) in [5.74, 6) is -0.658.